The predicted molar refractivity (Wildman–Crippen MR) is 35.9 cm³/mol. The van der Waals surface area contributed by atoms with E-state index < -0.39 is 0 Å². The molecule has 0 aliphatic carbocycles. The summed E-state index contributed by atoms with van der Waals surface area (Å²) in [6.45, 7) is 0. The zero-order chi connectivity index (χ0) is 6.57. The fourth-order valence-electron chi connectivity index (χ4n) is 0.150. The van der Waals surface area contributed by atoms with Gasteiger partial charge in [0.2, 0.25) is 5.96 Å². The lowest BCUT2D eigenvalue weighted by atomic mass is 11.1. The maximum atomic E-state index is 5.17. The van der Waals surface area contributed by atoms with Crippen LogP contribution in [0.25, 0.3) is 0 Å². The van der Waals surface area contributed by atoms with Crippen LogP contribution in [0.1, 0.15) is 0 Å². The van der Waals surface area contributed by atoms with Crippen molar-refractivity contribution in [2.45, 2.75) is 0 Å². The second-order valence-corrected chi connectivity index (χ2v) is 1.91. The van der Waals surface area contributed by atoms with E-state index >= 15 is 0 Å². The SMILES string of the molecule is CN=C(NCl)N(Cl)Cl. The summed E-state index contributed by atoms with van der Waals surface area (Å²) in [5, 5.41) is 0. The Morgan fingerprint density at radius 2 is 2.12 bits per heavy atom. The van der Waals surface area contributed by atoms with Crippen molar-refractivity contribution in [1.82, 2.24) is 8.77 Å². The number of hydrogen-bond donors (Lipinski definition) is 1. The van der Waals surface area contributed by atoms with Crippen LogP contribution in [0.2, 0.25) is 0 Å². The van der Waals surface area contributed by atoms with E-state index in [9.17, 15) is 0 Å². The van der Waals surface area contributed by atoms with E-state index in [1.54, 1.807) is 0 Å². The molecule has 0 spiro atoms. The number of guanidine groups is 1. The third-order valence-electron chi connectivity index (χ3n) is 0.456. The maximum absolute atomic E-state index is 5.17. The van der Waals surface area contributed by atoms with Crippen LogP contribution in [0.4, 0.5) is 0 Å². The molecule has 0 aromatic rings. The minimum absolute atomic E-state index is 0.190. The van der Waals surface area contributed by atoms with Crippen LogP contribution < -0.4 is 4.84 Å². The van der Waals surface area contributed by atoms with Crippen LogP contribution in [-0.2, 0) is 0 Å². The second kappa shape index (κ2) is 4.06. The van der Waals surface area contributed by atoms with Crippen molar-refractivity contribution in [2.75, 3.05) is 7.05 Å². The zero-order valence-corrected chi connectivity index (χ0v) is 6.30. The molecule has 0 rings (SSSR count). The van der Waals surface area contributed by atoms with E-state index in [0.29, 0.717) is 0 Å². The first kappa shape index (κ1) is 8.14. The molecule has 6 heteroatoms. The highest BCUT2D eigenvalue weighted by atomic mass is 35.5. The third kappa shape index (κ3) is 2.45. The van der Waals surface area contributed by atoms with E-state index in [4.69, 9.17) is 35.3 Å². The largest absolute Gasteiger partial charge is 0.266 e. The van der Waals surface area contributed by atoms with E-state index in [0.717, 1.165) is 3.94 Å². The fourth-order valence-corrected chi connectivity index (χ4v) is 0.641. The molecule has 0 aromatic heterocycles. The summed E-state index contributed by atoms with van der Waals surface area (Å²) in [6.07, 6.45) is 0. The third-order valence-corrected chi connectivity index (χ3v) is 0.946. The lowest BCUT2D eigenvalue weighted by Gasteiger charge is -2.03. The Hall–Kier alpha value is 0.140. The molecule has 0 aromatic carbocycles. The molecule has 0 saturated heterocycles. The molecule has 0 unspecified atom stereocenters. The quantitative estimate of drug-likeness (QED) is 0.342. The van der Waals surface area contributed by atoms with Gasteiger partial charge >= 0.3 is 0 Å². The molecule has 0 amide bonds. The number of nitrogens with zero attached hydrogens (tertiary/aromatic N) is 2. The molecule has 0 aliphatic heterocycles. The Balaban J connectivity index is 3.72. The van der Waals surface area contributed by atoms with Gasteiger partial charge in [-0.15, -0.1) is 0 Å². The van der Waals surface area contributed by atoms with Gasteiger partial charge in [0.1, 0.15) is 0 Å². The first-order valence-electron chi connectivity index (χ1n) is 1.67. The maximum Gasteiger partial charge on any atom is 0.239 e. The van der Waals surface area contributed by atoms with Crippen LogP contribution in [0.3, 0.4) is 0 Å². The molecule has 0 bridgehead atoms. The fraction of sp³-hybridized carbons (Fsp3) is 0.500. The molecule has 0 saturated carbocycles. The average Bonchev–Trinajstić information content (AvgIpc) is 1.69. The Kier molecular flexibility index (Phi) is 4.13. The lowest BCUT2D eigenvalue weighted by Crippen LogP contribution is -2.22. The first-order valence-corrected chi connectivity index (χ1v) is 2.73. The Morgan fingerprint density at radius 1 is 1.62 bits per heavy atom. The summed E-state index contributed by atoms with van der Waals surface area (Å²) < 4.78 is 0.729. The van der Waals surface area contributed by atoms with Gasteiger partial charge in [-0.1, -0.05) is 0 Å². The van der Waals surface area contributed by atoms with Gasteiger partial charge in [0.15, 0.2) is 0 Å². The Labute approximate surface area is 62.6 Å². The Morgan fingerprint density at radius 3 is 2.12 bits per heavy atom. The van der Waals surface area contributed by atoms with Gasteiger partial charge in [0, 0.05) is 42.4 Å². The van der Waals surface area contributed by atoms with Crippen molar-refractivity contribution in [3.8, 4) is 0 Å². The zero-order valence-electron chi connectivity index (χ0n) is 4.03. The number of rotatable bonds is 0. The number of aliphatic imine (C=N–C) groups is 1. The standard InChI is InChI=1S/C2H4Cl3N3/c1-6-2(7-3)8(4)5/h1H3,(H,6,7). The molecule has 1 N–H and O–H groups in total. The van der Waals surface area contributed by atoms with Crippen molar-refractivity contribution in [2.24, 2.45) is 4.99 Å². The molecule has 0 radical (unpaired) electrons. The summed E-state index contributed by atoms with van der Waals surface area (Å²) >= 11 is 15.4. The van der Waals surface area contributed by atoms with Gasteiger partial charge in [-0.3, -0.25) is 9.83 Å². The monoisotopic (exact) mass is 175 g/mol. The lowest BCUT2D eigenvalue weighted by molar-refractivity contribution is 1.01. The van der Waals surface area contributed by atoms with Crippen LogP contribution in [0.15, 0.2) is 4.99 Å². The van der Waals surface area contributed by atoms with Gasteiger partial charge < -0.3 is 0 Å². The minimum atomic E-state index is 0.190. The molecule has 0 atom stereocenters. The summed E-state index contributed by atoms with van der Waals surface area (Å²) in [7, 11) is 1.50. The second-order valence-electron chi connectivity index (χ2n) is 0.875. The van der Waals surface area contributed by atoms with Crippen molar-refractivity contribution >= 4 is 41.3 Å². The average molecular weight is 176 g/mol. The van der Waals surface area contributed by atoms with Crippen molar-refractivity contribution in [3.05, 3.63) is 0 Å². The predicted octanol–water partition coefficient (Wildman–Crippen LogP) is 1.33. The molecule has 0 fully saturated rings. The Bertz CT molecular complexity index is 90.5. The highest BCUT2D eigenvalue weighted by Crippen LogP contribution is 1.98. The highest BCUT2D eigenvalue weighted by molar-refractivity contribution is 6.43. The van der Waals surface area contributed by atoms with Crippen molar-refractivity contribution < 1.29 is 0 Å². The molecule has 0 aliphatic rings. The van der Waals surface area contributed by atoms with Crippen LogP contribution in [0, 0.1) is 0 Å². The number of hydrogen-bond acceptors (Lipinski definition) is 1. The molecular weight excluding hydrogens is 172 g/mol. The topological polar surface area (TPSA) is 27.6 Å². The van der Waals surface area contributed by atoms with Gasteiger partial charge in [-0.25, -0.2) is 0 Å². The molecular formula is C2H4Cl3N3. The van der Waals surface area contributed by atoms with Crippen LogP contribution in [0.5, 0.6) is 0 Å². The molecule has 8 heavy (non-hydrogen) atoms. The summed E-state index contributed by atoms with van der Waals surface area (Å²) in [5.74, 6) is 0.190. The van der Waals surface area contributed by atoms with Crippen molar-refractivity contribution in [1.29, 1.82) is 0 Å². The van der Waals surface area contributed by atoms with E-state index in [1.807, 2.05) is 0 Å². The highest BCUT2D eigenvalue weighted by Gasteiger charge is 1.99. The van der Waals surface area contributed by atoms with Gasteiger partial charge in [0.25, 0.3) is 0 Å². The summed E-state index contributed by atoms with van der Waals surface area (Å²) in [4.78, 5) is 5.68. The molecule has 3 nitrogen and oxygen atoms in total. The van der Waals surface area contributed by atoms with Crippen LogP contribution in [-0.4, -0.2) is 16.9 Å². The first-order chi connectivity index (χ1) is 3.72. The van der Waals surface area contributed by atoms with E-state index in [-0.39, 0.29) is 5.96 Å². The van der Waals surface area contributed by atoms with E-state index in [1.165, 1.54) is 7.05 Å². The van der Waals surface area contributed by atoms with Gasteiger partial charge in [-0.2, -0.15) is 3.94 Å². The van der Waals surface area contributed by atoms with Gasteiger partial charge in [-0.05, 0) is 0 Å². The van der Waals surface area contributed by atoms with E-state index in [2.05, 4.69) is 9.83 Å². The van der Waals surface area contributed by atoms with Crippen LogP contribution >= 0.6 is 35.3 Å². The van der Waals surface area contributed by atoms with Gasteiger partial charge in [0.05, 0.1) is 0 Å². The smallest absolute Gasteiger partial charge is 0.239 e. The summed E-state index contributed by atoms with van der Waals surface area (Å²) in [6, 6.07) is 0. The minimum Gasteiger partial charge on any atom is -0.266 e. The normalized spacial score (nSPS) is 11.2. The number of halogens is 3. The number of nitrogens with one attached hydrogen (secondary N) is 1. The summed E-state index contributed by atoms with van der Waals surface area (Å²) in [5.41, 5.74) is 0. The molecule has 0 heterocycles. The van der Waals surface area contributed by atoms with Crippen molar-refractivity contribution in [3.63, 3.8) is 0 Å². The molecule has 48 valence electrons.